The molecule has 0 unspecified atom stereocenters. The maximum absolute atomic E-state index is 12.7. The summed E-state index contributed by atoms with van der Waals surface area (Å²) in [5.41, 5.74) is 37.5. The van der Waals surface area contributed by atoms with Gasteiger partial charge in [0.25, 0.3) is 36.0 Å². The molecule has 5 saturated carbocycles. The van der Waals surface area contributed by atoms with Crippen LogP contribution in [-0.4, -0.2) is 133 Å². The Kier molecular flexibility index (Phi) is 29.4. The number of ketones is 2. The lowest BCUT2D eigenvalue weighted by molar-refractivity contribution is -0.282. The molecular weight excluding hydrogens is 1460 g/mol. The number of ether oxygens (including phenoxy) is 3. The van der Waals surface area contributed by atoms with Crippen molar-refractivity contribution in [1.82, 2.24) is 55.5 Å². The Morgan fingerprint density at radius 1 is 0.461 bits per heavy atom. The number of benzene rings is 7. The van der Waals surface area contributed by atoms with Gasteiger partial charge in [-0.25, -0.2) is 14.6 Å². The molecule has 5 aliphatic rings. The lowest BCUT2D eigenvalue weighted by atomic mass is 10.1. The molecule has 5 amide bonds. The van der Waals surface area contributed by atoms with Gasteiger partial charge in [-0.3, -0.25) is 47.7 Å². The molecule has 0 atom stereocenters. The van der Waals surface area contributed by atoms with Crippen molar-refractivity contribution in [3.63, 3.8) is 0 Å². The van der Waals surface area contributed by atoms with Gasteiger partial charge in [-0.05, 0) is 215 Å². The van der Waals surface area contributed by atoms with Crippen molar-refractivity contribution in [2.45, 2.75) is 163 Å². The van der Waals surface area contributed by atoms with Crippen LogP contribution in [0.25, 0.3) is 17.1 Å². The minimum atomic E-state index is -0.472. The molecular formula is C88H101N17O10. The third-order valence-electron chi connectivity index (χ3n) is 19.0. The molecule has 15 rings (SSSR count). The van der Waals surface area contributed by atoms with Crippen molar-refractivity contribution < 1.29 is 47.8 Å². The van der Waals surface area contributed by atoms with E-state index in [1.165, 1.54) is 23.5 Å². The van der Waals surface area contributed by atoms with Crippen LogP contribution in [0.5, 0.6) is 0 Å². The van der Waals surface area contributed by atoms with E-state index in [1.807, 2.05) is 129 Å². The Morgan fingerprint density at radius 2 is 0.826 bits per heavy atom. The minimum Gasteiger partial charge on any atom is -0.398 e. The van der Waals surface area contributed by atoms with Crippen LogP contribution in [0.1, 0.15) is 209 Å². The number of hydrogen-bond acceptors (Lipinski definition) is 19. The monoisotopic (exact) mass is 1560 g/mol. The Balaban J connectivity index is 0.000000150. The van der Waals surface area contributed by atoms with Crippen molar-refractivity contribution in [2.75, 3.05) is 42.8 Å². The maximum Gasteiger partial charge on any atom is 0.271 e. The van der Waals surface area contributed by atoms with Gasteiger partial charge in [-0.15, -0.1) is 0 Å². The number of imidazole rings is 2. The summed E-state index contributed by atoms with van der Waals surface area (Å²) in [5, 5.41) is 28.0. The van der Waals surface area contributed by atoms with Crippen LogP contribution in [-0.2, 0) is 14.2 Å². The summed E-state index contributed by atoms with van der Waals surface area (Å²) < 4.78 is 20.0. The summed E-state index contributed by atoms with van der Waals surface area (Å²) in [5.74, 6) is 0.0841. The maximum atomic E-state index is 12.7. The highest BCUT2D eigenvalue weighted by atomic mass is 16.8. The van der Waals surface area contributed by atoms with Gasteiger partial charge >= 0.3 is 0 Å². The number of aromatic nitrogens is 6. The number of amides is 5. The van der Waals surface area contributed by atoms with E-state index < -0.39 is 6.48 Å². The highest BCUT2D eigenvalue weighted by Gasteiger charge is 2.30. The SMILES string of the molecule is CC=Nc1cc(C(=O)NC2CC2)ccc1C.CCOC(OCC)OCC.Cc1ccc(C(=O)NC2CC2)cc1-n1cnc(C#N)c1N.Cc1ccc(C(=O)NC2CC2)cc1-n1cnc(C(=O)c2ccccc2)c1N.Cc1ccc(C(=O)NC2CC2)cc1-n1ncc(C(=O)c2ccccc2)c1N.Cc1ccc(C(=O)NC2CC2)cc1N. The molecule has 3 heterocycles. The Morgan fingerprint density at radius 3 is 1.22 bits per heavy atom. The normalized spacial score (nSPS) is 13.7. The fourth-order valence-corrected chi connectivity index (χ4v) is 11.4. The molecule has 0 spiro atoms. The van der Waals surface area contributed by atoms with Gasteiger partial charge in [0.1, 0.15) is 36.2 Å². The average molecular weight is 1560 g/mol. The van der Waals surface area contributed by atoms with E-state index in [0.29, 0.717) is 93.8 Å². The van der Waals surface area contributed by atoms with Crippen molar-refractivity contribution in [2.24, 2.45) is 4.99 Å². The molecule has 115 heavy (non-hydrogen) atoms. The average Bonchev–Trinajstić information content (AvgIpc) is 1.66. The third-order valence-corrected chi connectivity index (χ3v) is 19.0. The predicted molar refractivity (Wildman–Crippen MR) is 444 cm³/mol. The second-order valence-corrected chi connectivity index (χ2v) is 28.4. The summed E-state index contributed by atoms with van der Waals surface area (Å²) in [6.07, 6.45) is 16.9. The van der Waals surface area contributed by atoms with E-state index in [1.54, 1.807) is 106 Å². The highest BCUT2D eigenvalue weighted by Crippen LogP contribution is 2.30. The Bertz CT molecular complexity index is 5000. The third kappa shape index (κ3) is 23.8. The standard InChI is InChI=1S/2C21H20N4O2.C15H15N5O.C13H16N2O.C11H14N2O.C7H16O3/c1-13-7-8-15(21(27)24-16-9-10-16)11-18(13)25-20(22)17(12-23-25)19(26)14-5-3-2-4-6-14;1-13-7-8-15(21(27)24-16-9-10-16)11-17(13)25-12-23-18(20(25)22)19(26)14-5-3-2-4-6-14;1-9-2-3-10(15(21)19-11-4-5-11)6-13(9)20-8-18-12(7-16)14(20)17;1-3-14-12-8-10(5-4-9(12)2)13(16)15-11-6-7-11;1-7-2-3-8(6-10(7)12)11(14)13-9-4-5-9;1-4-8-7(9-5-2)10-6-3/h2*2-8,11-12,16H,9-10,22H2,1H3,(H,24,27);2-3,6,8,11H,4-5,17H2,1H3,(H,19,21);3-5,8,11H,6-7H2,1-2H3,(H,15,16);2-3,6,9H,4-5,12H2,1H3,(H,13,14);7H,4-6H2,1-3H3. The number of nitrogens with zero attached hydrogens (tertiary/aromatic N) is 8. The first-order valence-corrected chi connectivity index (χ1v) is 38.7. The number of nitrogens with one attached hydrogen (secondary N) is 5. The molecule has 5 fully saturated rings. The number of carbonyl (C=O) groups is 7. The molecule has 5 aliphatic carbocycles. The van der Waals surface area contributed by atoms with Crippen LogP contribution in [0.4, 0.5) is 28.8 Å². The molecule has 3 aromatic heterocycles. The molecule has 10 aromatic rings. The van der Waals surface area contributed by atoms with Crippen molar-refractivity contribution >= 4 is 76.1 Å². The number of rotatable bonds is 24. The number of hydrogen-bond donors (Lipinski definition) is 9. The van der Waals surface area contributed by atoms with Gasteiger partial charge in [0.05, 0.1) is 34.5 Å². The summed E-state index contributed by atoms with van der Waals surface area (Å²) in [4.78, 5) is 98.0. The molecule has 0 aliphatic heterocycles. The van der Waals surface area contributed by atoms with Gasteiger partial charge < -0.3 is 63.7 Å². The van der Waals surface area contributed by atoms with Crippen LogP contribution in [0.2, 0.25) is 0 Å². The second-order valence-electron chi connectivity index (χ2n) is 28.4. The number of aliphatic imine (C=N–C) groups is 1. The van der Waals surface area contributed by atoms with Crippen molar-refractivity contribution in [3.05, 3.63) is 254 Å². The summed E-state index contributed by atoms with van der Waals surface area (Å²) in [7, 11) is 0. The van der Waals surface area contributed by atoms with Crippen molar-refractivity contribution in [1.29, 1.82) is 5.26 Å². The zero-order valence-corrected chi connectivity index (χ0v) is 66.4. The topological polar surface area (TPSA) is 401 Å². The van der Waals surface area contributed by atoms with Crippen LogP contribution in [0.15, 0.2) is 176 Å². The van der Waals surface area contributed by atoms with Crippen LogP contribution in [0.3, 0.4) is 0 Å². The highest BCUT2D eigenvalue weighted by molar-refractivity contribution is 6.12. The smallest absolute Gasteiger partial charge is 0.271 e. The van der Waals surface area contributed by atoms with Gasteiger partial charge in [0.15, 0.2) is 17.2 Å². The Labute approximate surface area is 669 Å². The first-order valence-electron chi connectivity index (χ1n) is 38.7. The quantitative estimate of drug-likeness (QED) is 0.0117. The molecule has 13 N–H and O–H groups in total. The molecule has 7 aromatic carbocycles. The second kappa shape index (κ2) is 40.0. The molecule has 0 bridgehead atoms. The summed E-state index contributed by atoms with van der Waals surface area (Å²) in [6, 6.07) is 48.8. The predicted octanol–water partition coefficient (Wildman–Crippen LogP) is 12.8. The van der Waals surface area contributed by atoms with E-state index in [0.717, 1.165) is 109 Å². The Hall–Kier alpha value is -12.9. The van der Waals surface area contributed by atoms with E-state index in [-0.39, 0.29) is 82.0 Å². The zero-order chi connectivity index (χ0) is 82.4. The largest absolute Gasteiger partial charge is 0.398 e. The number of aryl methyl sites for hydroxylation is 5. The lowest BCUT2D eigenvalue weighted by Crippen LogP contribution is -2.25. The fraction of sp³-hybridized carbons (Fsp3) is 0.318. The molecule has 0 radical (unpaired) electrons. The number of carbonyl (C=O) groups excluding carboxylic acids is 7. The number of nitrogens with two attached hydrogens (primary N) is 4. The van der Waals surface area contributed by atoms with Gasteiger partial charge in [-0.1, -0.05) is 91.0 Å². The van der Waals surface area contributed by atoms with Crippen LogP contribution < -0.4 is 49.5 Å². The van der Waals surface area contributed by atoms with E-state index in [2.05, 4.69) is 46.6 Å². The van der Waals surface area contributed by atoms with Crippen LogP contribution >= 0.6 is 0 Å². The summed E-state index contributed by atoms with van der Waals surface area (Å²) in [6.45, 7) is 18.7. The lowest BCUT2D eigenvalue weighted by Gasteiger charge is -2.15. The van der Waals surface area contributed by atoms with Gasteiger partial charge in [-0.2, -0.15) is 10.4 Å². The van der Waals surface area contributed by atoms with E-state index in [9.17, 15) is 33.6 Å². The summed E-state index contributed by atoms with van der Waals surface area (Å²) >= 11 is 0. The van der Waals surface area contributed by atoms with Gasteiger partial charge in [0.2, 0.25) is 5.78 Å². The zero-order valence-electron chi connectivity index (χ0n) is 66.4. The number of anilines is 4. The first kappa shape index (κ1) is 84.5. The minimum absolute atomic E-state index is 0.00931. The number of nitriles is 1. The van der Waals surface area contributed by atoms with Gasteiger partial charge in [0, 0.05) is 101 Å². The van der Waals surface area contributed by atoms with Crippen molar-refractivity contribution in [3.8, 4) is 23.1 Å². The molecule has 27 nitrogen and oxygen atoms in total. The first-order chi connectivity index (χ1) is 55.4. The van der Waals surface area contributed by atoms with E-state index in [4.69, 9.17) is 42.4 Å². The number of nitrogen functional groups attached to an aromatic ring is 4. The molecule has 27 heteroatoms. The fourth-order valence-electron chi connectivity index (χ4n) is 11.4. The molecule has 0 saturated heterocycles. The van der Waals surface area contributed by atoms with Crippen LogP contribution in [0, 0.1) is 45.9 Å². The molecule has 598 valence electrons. The van der Waals surface area contributed by atoms with E-state index >= 15 is 0 Å².